The van der Waals surface area contributed by atoms with E-state index in [0.717, 1.165) is 29.6 Å². The Balaban J connectivity index is 1.49. The molecule has 0 aromatic rings. The lowest BCUT2D eigenvalue weighted by atomic mass is 9.69. The molecular weight excluding hydrogens is 252 g/mol. The Morgan fingerprint density at radius 2 is 1.62 bits per heavy atom. The molecule has 0 aliphatic heterocycles. The van der Waals surface area contributed by atoms with Crippen LogP contribution in [0.1, 0.15) is 77.6 Å². The van der Waals surface area contributed by atoms with E-state index in [9.17, 15) is 0 Å². The summed E-state index contributed by atoms with van der Waals surface area (Å²) in [5.74, 6) is 4.78. The summed E-state index contributed by atoms with van der Waals surface area (Å²) in [5.41, 5.74) is 1.85. The maximum atomic E-state index is 3.98. The summed E-state index contributed by atoms with van der Waals surface area (Å²) in [6.45, 7) is 6.41. The van der Waals surface area contributed by atoms with E-state index >= 15 is 0 Å². The van der Waals surface area contributed by atoms with Crippen molar-refractivity contribution >= 4 is 0 Å². The molecule has 0 aromatic carbocycles. The average molecular weight is 287 g/mol. The molecule has 0 aromatic heterocycles. The van der Waals surface area contributed by atoms with E-state index in [1.165, 1.54) is 70.6 Å². The molecule has 0 heteroatoms. The summed E-state index contributed by atoms with van der Waals surface area (Å²) in [5, 5.41) is 0. The van der Waals surface area contributed by atoms with E-state index in [0.29, 0.717) is 0 Å². The summed E-state index contributed by atoms with van der Waals surface area (Å²) in [4.78, 5) is 0. The number of allylic oxidation sites excluding steroid dienone is 3. The van der Waals surface area contributed by atoms with Gasteiger partial charge in [-0.25, -0.2) is 0 Å². The van der Waals surface area contributed by atoms with E-state index in [1.807, 2.05) is 5.57 Å². The van der Waals surface area contributed by atoms with Crippen LogP contribution in [0.2, 0.25) is 0 Å². The van der Waals surface area contributed by atoms with Crippen molar-refractivity contribution in [1.29, 1.82) is 0 Å². The largest absolute Gasteiger partial charge is 0.103 e. The number of rotatable bonds is 3. The molecule has 0 saturated heterocycles. The van der Waals surface area contributed by atoms with Crippen molar-refractivity contribution in [3.63, 3.8) is 0 Å². The van der Waals surface area contributed by atoms with Gasteiger partial charge in [-0.2, -0.15) is 0 Å². The fourth-order valence-corrected chi connectivity index (χ4v) is 5.16. The summed E-state index contributed by atoms with van der Waals surface area (Å²) < 4.78 is 0. The standard InChI is InChI=1S/C21H34/c1-3-17-6-10-19(11-7-17)21-14-12-20(13-15-21)18-8-4-16(2)5-9-18/h3,12,16-19,21H,1,4-11,13-15H2,2H3. The first-order chi connectivity index (χ1) is 10.3. The fourth-order valence-electron chi connectivity index (χ4n) is 5.16. The molecule has 0 bridgehead atoms. The van der Waals surface area contributed by atoms with Crippen LogP contribution < -0.4 is 0 Å². The Morgan fingerprint density at radius 1 is 0.905 bits per heavy atom. The number of hydrogen-bond acceptors (Lipinski definition) is 0. The lowest BCUT2D eigenvalue weighted by molar-refractivity contribution is 0.204. The zero-order valence-electron chi connectivity index (χ0n) is 14.0. The Bertz CT molecular complexity index is 361. The third-order valence-corrected chi connectivity index (χ3v) is 6.84. The monoisotopic (exact) mass is 286 g/mol. The smallest absolute Gasteiger partial charge is 0.0203 e. The van der Waals surface area contributed by atoms with Gasteiger partial charge in [-0.3, -0.25) is 0 Å². The van der Waals surface area contributed by atoms with Crippen LogP contribution in [-0.2, 0) is 0 Å². The van der Waals surface area contributed by atoms with Crippen LogP contribution in [-0.4, -0.2) is 0 Å². The second-order valence-corrected chi connectivity index (χ2v) is 8.18. The molecule has 1 unspecified atom stereocenters. The van der Waals surface area contributed by atoms with Crippen LogP contribution in [0.15, 0.2) is 24.3 Å². The molecule has 2 fully saturated rings. The van der Waals surface area contributed by atoms with Gasteiger partial charge in [0.05, 0.1) is 0 Å². The molecule has 21 heavy (non-hydrogen) atoms. The van der Waals surface area contributed by atoms with E-state index in [1.54, 1.807) is 0 Å². The molecular formula is C21H34. The highest BCUT2D eigenvalue weighted by Crippen LogP contribution is 2.43. The molecule has 3 rings (SSSR count). The van der Waals surface area contributed by atoms with Gasteiger partial charge in [0, 0.05) is 0 Å². The Kier molecular flexibility index (Phi) is 5.24. The second kappa shape index (κ2) is 7.16. The van der Waals surface area contributed by atoms with E-state index < -0.39 is 0 Å². The first-order valence-electron chi connectivity index (χ1n) is 9.57. The maximum absolute atomic E-state index is 3.98. The van der Waals surface area contributed by atoms with Crippen LogP contribution >= 0.6 is 0 Å². The van der Waals surface area contributed by atoms with Crippen molar-refractivity contribution in [3.8, 4) is 0 Å². The highest BCUT2D eigenvalue weighted by Gasteiger charge is 2.29. The molecule has 0 nitrogen and oxygen atoms in total. The quantitative estimate of drug-likeness (QED) is 0.517. The van der Waals surface area contributed by atoms with Gasteiger partial charge in [0.25, 0.3) is 0 Å². The van der Waals surface area contributed by atoms with Crippen LogP contribution in [0.3, 0.4) is 0 Å². The van der Waals surface area contributed by atoms with E-state index in [4.69, 9.17) is 0 Å². The summed E-state index contributed by atoms with van der Waals surface area (Å²) in [6, 6.07) is 0. The Morgan fingerprint density at radius 3 is 2.19 bits per heavy atom. The fraction of sp³-hybridized carbons (Fsp3) is 0.810. The van der Waals surface area contributed by atoms with Gasteiger partial charge in [-0.05, 0) is 87.4 Å². The van der Waals surface area contributed by atoms with Gasteiger partial charge in [0.15, 0.2) is 0 Å². The van der Waals surface area contributed by atoms with Crippen molar-refractivity contribution in [2.24, 2.45) is 29.6 Å². The summed E-state index contributed by atoms with van der Waals surface area (Å²) in [7, 11) is 0. The normalized spacial score (nSPS) is 41.4. The van der Waals surface area contributed by atoms with Gasteiger partial charge in [-0.1, -0.05) is 37.5 Å². The van der Waals surface area contributed by atoms with Gasteiger partial charge in [0.1, 0.15) is 0 Å². The van der Waals surface area contributed by atoms with E-state index in [2.05, 4.69) is 25.7 Å². The molecule has 1 atom stereocenters. The Labute approximate surface area is 132 Å². The average Bonchev–Trinajstić information content (AvgIpc) is 2.56. The predicted molar refractivity (Wildman–Crippen MR) is 92.2 cm³/mol. The first kappa shape index (κ1) is 15.4. The lowest BCUT2D eigenvalue weighted by Crippen LogP contribution is -2.24. The molecule has 2 saturated carbocycles. The van der Waals surface area contributed by atoms with Gasteiger partial charge in [0.2, 0.25) is 0 Å². The van der Waals surface area contributed by atoms with Crippen LogP contribution in [0.5, 0.6) is 0 Å². The van der Waals surface area contributed by atoms with Crippen molar-refractivity contribution in [3.05, 3.63) is 24.3 Å². The minimum atomic E-state index is 0.820. The van der Waals surface area contributed by atoms with Crippen molar-refractivity contribution < 1.29 is 0 Å². The first-order valence-corrected chi connectivity index (χ1v) is 9.57. The molecule has 0 amide bonds. The molecule has 3 aliphatic rings. The highest BCUT2D eigenvalue weighted by molar-refractivity contribution is 5.12. The molecule has 0 spiro atoms. The summed E-state index contributed by atoms with van der Waals surface area (Å²) >= 11 is 0. The zero-order valence-corrected chi connectivity index (χ0v) is 14.0. The SMILES string of the molecule is C=CC1CCC(C2CC=C(C3CCC(C)CC3)CC2)CC1. The zero-order chi connectivity index (χ0) is 14.7. The third kappa shape index (κ3) is 3.82. The predicted octanol–water partition coefficient (Wildman–Crippen LogP) is 6.53. The molecule has 3 aliphatic carbocycles. The van der Waals surface area contributed by atoms with Gasteiger partial charge < -0.3 is 0 Å². The van der Waals surface area contributed by atoms with Crippen molar-refractivity contribution in [2.75, 3.05) is 0 Å². The van der Waals surface area contributed by atoms with Crippen molar-refractivity contribution in [1.82, 2.24) is 0 Å². The minimum absolute atomic E-state index is 0.820. The van der Waals surface area contributed by atoms with Crippen LogP contribution in [0, 0.1) is 29.6 Å². The number of hydrogen-bond donors (Lipinski definition) is 0. The van der Waals surface area contributed by atoms with Gasteiger partial charge >= 0.3 is 0 Å². The minimum Gasteiger partial charge on any atom is -0.103 e. The lowest BCUT2D eigenvalue weighted by Gasteiger charge is -2.37. The van der Waals surface area contributed by atoms with Crippen molar-refractivity contribution in [2.45, 2.75) is 77.6 Å². The molecule has 0 N–H and O–H groups in total. The third-order valence-electron chi connectivity index (χ3n) is 6.84. The molecule has 118 valence electrons. The van der Waals surface area contributed by atoms with E-state index in [-0.39, 0.29) is 0 Å². The van der Waals surface area contributed by atoms with Gasteiger partial charge in [-0.15, -0.1) is 6.58 Å². The summed E-state index contributed by atoms with van der Waals surface area (Å²) in [6.07, 6.45) is 20.8. The maximum Gasteiger partial charge on any atom is -0.0203 e. The van der Waals surface area contributed by atoms with Crippen LogP contribution in [0.25, 0.3) is 0 Å². The molecule has 0 radical (unpaired) electrons. The Hall–Kier alpha value is -0.520. The van der Waals surface area contributed by atoms with Crippen LogP contribution in [0.4, 0.5) is 0 Å². The highest BCUT2D eigenvalue weighted by atomic mass is 14.3. The topological polar surface area (TPSA) is 0 Å². The second-order valence-electron chi connectivity index (χ2n) is 8.18. The molecule has 0 heterocycles.